The number of ether oxygens (including phenoxy) is 2. The number of methoxy groups -OCH3 is 1. The average molecular weight is 282 g/mol. The maximum Gasteiger partial charge on any atom is 0.502 e. The number of aromatic nitrogens is 4. The molecule has 0 aliphatic carbocycles. The quantitative estimate of drug-likeness (QED) is 0.503. The summed E-state index contributed by atoms with van der Waals surface area (Å²) in [6.07, 6.45) is 0.230. The SMILES string of the molecule is COc1nc2nc(N)[nH]c2c[n+]1C1C[C@H](O)[C@@H](CO)O1. The first kappa shape index (κ1) is 13.0. The Kier molecular flexibility index (Phi) is 3.16. The van der Waals surface area contributed by atoms with E-state index in [4.69, 9.17) is 20.3 Å². The third-order valence-corrected chi connectivity index (χ3v) is 3.30. The minimum absolute atomic E-state index is 0.243. The summed E-state index contributed by atoms with van der Waals surface area (Å²) in [5.41, 5.74) is 6.66. The number of nitrogens with two attached hydrogens (primary N) is 1. The highest BCUT2D eigenvalue weighted by Gasteiger charge is 2.39. The number of aromatic amines is 1. The normalized spacial score (nSPS) is 26.2. The molecule has 5 N–H and O–H groups in total. The van der Waals surface area contributed by atoms with Crippen molar-refractivity contribution in [1.82, 2.24) is 15.0 Å². The summed E-state index contributed by atoms with van der Waals surface area (Å²) in [7, 11) is 1.48. The number of H-pyrrole nitrogens is 1. The van der Waals surface area contributed by atoms with Gasteiger partial charge in [0.05, 0.1) is 19.8 Å². The number of hydrogen-bond donors (Lipinski definition) is 4. The van der Waals surface area contributed by atoms with E-state index in [9.17, 15) is 5.11 Å². The van der Waals surface area contributed by atoms with E-state index >= 15 is 0 Å². The molecule has 1 fully saturated rings. The lowest BCUT2D eigenvalue weighted by atomic mass is 10.2. The molecule has 1 unspecified atom stereocenters. The second-order valence-electron chi connectivity index (χ2n) is 4.61. The molecule has 2 aromatic heterocycles. The Labute approximate surface area is 114 Å². The number of hydrogen-bond acceptors (Lipinski definition) is 7. The van der Waals surface area contributed by atoms with Gasteiger partial charge >= 0.3 is 11.7 Å². The largest absolute Gasteiger partial charge is 0.502 e. The van der Waals surface area contributed by atoms with Crippen molar-refractivity contribution in [2.24, 2.45) is 0 Å². The van der Waals surface area contributed by atoms with Gasteiger partial charge in [-0.25, -0.2) is 0 Å². The Bertz CT molecular complexity index is 631. The van der Waals surface area contributed by atoms with Crippen LogP contribution in [0.1, 0.15) is 12.6 Å². The molecule has 108 valence electrons. The number of nitrogens with one attached hydrogen (secondary N) is 1. The molecule has 3 heterocycles. The Hall–Kier alpha value is -1.97. The highest BCUT2D eigenvalue weighted by Crippen LogP contribution is 2.26. The van der Waals surface area contributed by atoms with E-state index in [1.165, 1.54) is 7.11 Å². The van der Waals surface area contributed by atoms with Crippen LogP contribution in [0.3, 0.4) is 0 Å². The van der Waals surface area contributed by atoms with Gasteiger partial charge in [-0.1, -0.05) is 0 Å². The molecule has 0 aromatic carbocycles. The summed E-state index contributed by atoms with van der Waals surface area (Å²) in [6, 6.07) is 0.291. The molecule has 2 aromatic rings. The van der Waals surface area contributed by atoms with E-state index in [-0.39, 0.29) is 12.6 Å². The van der Waals surface area contributed by atoms with Crippen LogP contribution in [0.25, 0.3) is 11.2 Å². The fourth-order valence-electron chi connectivity index (χ4n) is 2.32. The van der Waals surface area contributed by atoms with Crippen molar-refractivity contribution < 1.29 is 24.3 Å². The molecule has 0 saturated carbocycles. The van der Waals surface area contributed by atoms with E-state index in [2.05, 4.69) is 15.0 Å². The molecule has 1 aliphatic heterocycles. The van der Waals surface area contributed by atoms with Gasteiger partial charge in [-0.15, -0.1) is 0 Å². The van der Waals surface area contributed by atoms with Crippen LogP contribution < -0.4 is 15.0 Å². The minimum atomic E-state index is -0.732. The Balaban J connectivity index is 2.01. The zero-order valence-corrected chi connectivity index (χ0v) is 10.9. The lowest BCUT2D eigenvalue weighted by Crippen LogP contribution is -2.41. The van der Waals surface area contributed by atoms with Gasteiger partial charge in [0.25, 0.3) is 0 Å². The molecule has 0 bridgehead atoms. The third-order valence-electron chi connectivity index (χ3n) is 3.30. The van der Waals surface area contributed by atoms with Crippen molar-refractivity contribution in [2.75, 3.05) is 19.5 Å². The standard InChI is InChI=1S/C11H15N5O4/c1-19-11-15-9-5(13-10(12)14-9)3-16(11)8-2-6(18)7(4-17)20-8/h3,6-8,17-18H,2,4H2,1H3,(H2,12,13)/p+1/t6-,7+,8?/m0/s1. The van der Waals surface area contributed by atoms with Crippen LogP contribution in [0.4, 0.5) is 5.95 Å². The lowest BCUT2D eigenvalue weighted by Gasteiger charge is -2.11. The number of aliphatic hydroxyl groups excluding tert-OH is 2. The zero-order valence-electron chi connectivity index (χ0n) is 10.9. The topological polar surface area (TPSA) is 130 Å². The highest BCUT2D eigenvalue weighted by atomic mass is 16.5. The van der Waals surface area contributed by atoms with E-state index in [0.717, 1.165) is 0 Å². The molecule has 3 atom stereocenters. The van der Waals surface area contributed by atoms with Gasteiger partial charge in [0, 0.05) is 11.4 Å². The predicted octanol–water partition coefficient (Wildman–Crippen LogP) is -1.52. The number of aliphatic hydroxyl groups is 2. The summed E-state index contributed by atoms with van der Waals surface area (Å²) in [5, 5.41) is 18.9. The van der Waals surface area contributed by atoms with Gasteiger partial charge in [0.15, 0.2) is 5.52 Å². The smallest absolute Gasteiger partial charge is 0.431 e. The number of fused-ring (bicyclic) bond motifs is 1. The molecule has 0 amide bonds. The van der Waals surface area contributed by atoms with Gasteiger partial charge in [0.2, 0.25) is 12.2 Å². The first-order chi connectivity index (χ1) is 9.62. The molecule has 9 nitrogen and oxygen atoms in total. The van der Waals surface area contributed by atoms with Crippen molar-refractivity contribution in [3.05, 3.63) is 6.20 Å². The highest BCUT2D eigenvalue weighted by molar-refractivity contribution is 5.70. The van der Waals surface area contributed by atoms with E-state index in [1.54, 1.807) is 10.8 Å². The summed E-state index contributed by atoms with van der Waals surface area (Å²) >= 11 is 0. The molecule has 3 rings (SSSR count). The second kappa shape index (κ2) is 4.85. The van der Waals surface area contributed by atoms with Gasteiger partial charge in [-0.2, -0.15) is 9.55 Å². The Morgan fingerprint density at radius 3 is 3.05 bits per heavy atom. The van der Waals surface area contributed by atoms with Gasteiger partial charge in [0.1, 0.15) is 12.3 Å². The number of rotatable bonds is 3. The molecule has 0 spiro atoms. The average Bonchev–Trinajstić information content (AvgIpc) is 2.98. The van der Waals surface area contributed by atoms with Crippen LogP contribution in [0.5, 0.6) is 6.01 Å². The third kappa shape index (κ3) is 2.05. The monoisotopic (exact) mass is 282 g/mol. The molecule has 20 heavy (non-hydrogen) atoms. The summed E-state index contributed by atoms with van der Waals surface area (Å²) in [4.78, 5) is 11.1. The number of nitrogen functional groups attached to an aromatic ring is 1. The van der Waals surface area contributed by atoms with Crippen LogP contribution in [0.15, 0.2) is 6.20 Å². The lowest BCUT2D eigenvalue weighted by molar-refractivity contribution is -0.763. The van der Waals surface area contributed by atoms with E-state index in [1.807, 2.05) is 0 Å². The van der Waals surface area contributed by atoms with Crippen molar-refractivity contribution in [1.29, 1.82) is 0 Å². The van der Waals surface area contributed by atoms with Crippen molar-refractivity contribution in [2.45, 2.75) is 24.9 Å². The number of nitrogens with zero attached hydrogens (tertiary/aromatic N) is 3. The number of imidazole rings is 1. The molecule has 1 aliphatic rings. The number of anilines is 1. The van der Waals surface area contributed by atoms with Crippen LogP contribution in [0.2, 0.25) is 0 Å². The van der Waals surface area contributed by atoms with E-state index in [0.29, 0.717) is 23.6 Å². The van der Waals surface area contributed by atoms with Crippen LogP contribution in [-0.4, -0.2) is 51.1 Å². The van der Waals surface area contributed by atoms with Crippen molar-refractivity contribution in [3.8, 4) is 6.01 Å². The molecule has 1 saturated heterocycles. The second-order valence-corrected chi connectivity index (χ2v) is 4.61. The first-order valence-corrected chi connectivity index (χ1v) is 6.18. The van der Waals surface area contributed by atoms with Gasteiger partial charge in [-0.05, 0) is 0 Å². The fourth-order valence-corrected chi connectivity index (χ4v) is 2.32. The molecule has 9 heteroatoms. The fraction of sp³-hybridized carbons (Fsp3) is 0.545. The summed E-state index contributed by atoms with van der Waals surface area (Å²) in [5.74, 6) is 0.257. The van der Waals surface area contributed by atoms with Gasteiger partial charge < -0.3 is 30.4 Å². The van der Waals surface area contributed by atoms with E-state index < -0.39 is 18.4 Å². The predicted molar refractivity (Wildman–Crippen MR) is 66.7 cm³/mol. The van der Waals surface area contributed by atoms with Crippen LogP contribution in [-0.2, 0) is 4.74 Å². The maximum atomic E-state index is 9.80. The molecule has 0 radical (unpaired) electrons. The zero-order chi connectivity index (χ0) is 14.3. The maximum absolute atomic E-state index is 9.80. The van der Waals surface area contributed by atoms with Crippen molar-refractivity contribution in [3.63, 3.8) is 0 Å². The van der Waals surface area contributed by atoms with Crippen LogP contribution >= 0.6 is 0 Å². The summed E-state index contributed by atoms with van der Waals surface area (Å²) < 4.78 is 12.4. The minimum Gasteiger partial charge on any atom is -0.431 e. The first-order valence-electron chi connectivity index (χ1n) is 6.18. The van der Waals surface area contributed by atoms with Gasteiger partial charge in [-0.3, -0.25) is 0 Å². The molecular weight excluding hydrogens is 266 g/mol. The molecular formula is C11H16N5O4+. The van der Waals surface area contributed by atoms with Crippen molar-refractivity contribution >= 4 is 17.1 Å². The van der Waals surface area contributed by atoms with Crippen LogP contribution in [0, 0.1) is 0 Å². The Morgan fingerprint density at radius 1 is 1.60 bits per heavy atom. The Morgan fingerprint density at radius 2 is 2.40 bits per heavy atom. The summed E-state index contributed by atoms with van der Waals surface area (Å²) in [6.45, 7) is -0.243.